The standard InChI is InChI=1S/C25H22N3O/c26-23(15-22-16-27-17-28-22)25(29)21-13-11-20(12-14-21)24(18-7-3-1-4-8-18)19-9-5-2-6-10-19/h1-14,16-17,23H,15,26H2,(H,27,28)/t23-/m0/s1. The molecule has 0 aliphatic heterocycles. The second-order valence-electron chi connectivity index (χ2n) is 6.92. The van der Waals surface area contributed by atoms with Crippen LogP contribution in [0.5, 0.6) is 0 Å². The van der Waals surface area contributed by atoms with Gasteiger partial charge in [-0.25, -0.2) is 4.98 Å². The molecule has 0 spiro atoms. The smallest absolute Gasteiger partial charge is 0.179 e. The Morgan fingerprint density at radius 1 is 0.793 bits per heavy atom. The van der Waals surface area contributed by atoms with Gasteiger partial charge >= 0.3 is 0 Å². The lowest BCUT2D eigenvalue weighted by molar-refractivity contribution is 0.0960. The second kappa shape index (κ2) is 8.67. The molecule has 0 amide bonds. The summed E-state index contributed by atoms with van der Waals surface area (Å²) in [6, 6.07) is 27.6. The third-order valence-electron chi connectivity index (χ3n) is 4.90. The first-order valence-electron chi connectivity index (χ1n) is 9.58. The van der Waals surface area contributed by atoms with Crippen molar-refractivity contribution in [3.8, 4) is 0 Å². The van der Waals surface area contributed by atoms with Crippen molar-refractivity contribution in [2.75, 3.05) is 0 Å². The summed E-state index contributed by atoms with van der Waals surface area (Å²) in [5.74, 6) is 1.05. The van der Waals surface area contributed by atoms with Gasteiger partial charge in [-0.15, -0.1) is 0 Å². The number of Topliss-reactive ketones (excluding diaryl/α,β-unsaturated/α-hetero) is 1. The normalized spacial score (nSPS) is 12.1. The molecule has 29 heavy (non-hydrogen) atoms. The van der Waals surface area contributed by atoms with E-state index in [0.29, 0.717) is 12.0 Å². The van der Waals surface area contributed by atoms with Crippen LogP contribution in [0.15, 0.2) is 97.5 Å². The summed E-state index contributed by atoms with van der Waals surface area (Å²) in [6.07, 6.45) is 3.76. The minimum Gasteiger partial charge on any atom is -0.351 e. The van der Waals surface area contributed by atoms with Gasteiger partial charge in [0.25, 0.3) is 0 Å². The Labute approximate surface area is 170 Å². The molecule has 0 unspecified atom stereocenters. The van der Waals surface area contributed by atoms with E-state index >= 15 is 0 Å². The van der Waals surface area contributed by atoms with Crippen LogP contribution in [-0.4, -0.2) is 21.8 Å². The van der Waals surface area contributed by atoms with Gasteiger partial charge in [0.15, 0.2) is 5.78 Å². The largest absolute Gasteiger partial charge is 0.351 e. The highest BCUT2D eigenvalue weighted by Gasteiger charge is 2.20. The molecule has 1 radical (unpaired) electrons. The van der Waals surface area contributed by atoms with Gasteiger partial charge in [-0.05, 0) is 16.7 Å². The van der Waals surface area contributed by atoms with Gasteiger partial charge in [0.2, 0.25) is 0 Å². The Morgan fingerprint density at radius 2 is 1.31 bits per heavy atom. The quantitative estimate of drug-likeness (QED) is 0.373. The highest BCUT2D eigenvalue weighted by molar-refractivity contribution is 6.00. The van der Waals surface area contributed by atoms with Crippen LogP contribution < -0.4 is 5.73 Å². The molecular weight excluding hydrogens is 358 g/mol. The van der Waals surface area contributed by atoms with E-state index < -0.39 is 6.04 Å². The lowest BCUT2D eigenvalue weighted by atomic mass is 9.84. The van der Waals surface area contributed by atoms with Crippen LogP contribution in [0, 0.1) is 5.92 Å². The summed E-state index contributed by atoms with van der Waals surface area (Å²) in [5.41, 5.74) is 10.8. The number of rotatable bonds is 7. The summed E-state index contributed by atoms with van der Waals surface area (Å²) in [6.45, 7) is 0. The number of nitrogens with two attached hydrogens (primary N) is 1. The van der Waals surface area contributed by atoms with Crippen molar-refractivity contribution in [2.45, 2.75) is 12.5 Å². The number of nitrogens with one attached hydrogen (secondary N) is 1. The number of carbonyl (C=O) groups is 1. The number of hydrogen-bond donors (Lipinski definition) is 2. The van der Waals surface area contributed by atoms with Crippen LogP contribution >= 0.6 is 0 Å². The first kappa shape index (κ1) is 18.8. The molecule has 4 rings (SSSR count). The molecule has 1 atom stereocenters. The molecule has 3 N–H and O–H groups in total. The molecule has 1 aromatic heterocycles. The number of aromatic amines is 1. The summed E-state index contributed by atoms with van der Waals surface area (Å²) in [7, 11) is 0. The molecule has 1 heterocycles. The maximum absolute atomic E-state index is 12.7. The molecule has 0 saturated carbocycles. The Balaban J connectivity index is 1.60. The number of benzene rings is 3. The van der Waals surface area contributed by atoms with Crippen LogP contribution in [-0.2, 0) is 6.42 Å². The van der Waals surface area contributed by atoms with Crippen LogP contribution in [0.3, 0.4) is 0 Å². The highest BCUT2D eigenvalue weighted by Crippen LogP contribution is 2.30. The fourth-order valence-corrected chi connectivity index (χ4v) is 3.45. The maximum atomic E-state index is 12.7. The zero-order valence-electron chi connectivity index (χ0n) is 16.0. The summed E-state index contributed by atoms with van der Waals surface area (Å²) in [4.78, 5) is 19.8. The number of nitrogens with zero attached hydrogens (tertiary/aromatic N) is 1. The molecule has 0 aliphatic carbocycles. The van der Waals surface area contributed by atoms with E-state index in [1.54, 1.807) is 12.5 Å². The first-order valence-corrected chi connectivity index (χ1v) is 9.58. The minimum atomic E-state index is -0.615. The average molecular weight is 380 g/mol. The van der Waals surface area contributed by atoms with Crippen molar-refractivity contribution >= 4 is 5.78 Å². The fourth-order valence-electron chi connectivity index (χ4n) is 3.45. The highest BCUT2D eigenvalue weighted by atomic mass is 16.1. The number of aromatic nitrogens is 2. The Morgan fingerprint density at radius 3 is 1.83 bits per heavy atom. The Kier molecular flexibility index (Phi) is 5.63. The SMILES string of the molecule is N[C@@H](Cc1c[nH]cn1)C(=O)c1ccc([C](c2ccccc2)c2ccccc2)cc1. The van der Waals surface area contributed by atoms with E-state index in [-0.39, 0.29) is 5.78 Å². The summed E-state index contributed by atoms with van der Waals surface area (Å²) < 4.78 is 0. The van der Waals surface area contributed by atoms with Crippen LogP contribution in [0.25, 0.3) is 0 Å². The van der Waals surface area contributed by atoms with Crippen molar-refractivity contribution in [2.24, 2.45) is 5.73 Å². The molecule has 0 saturated heterocycles. The zero-order chi connectivity index (χ0) is 20.1. The molecule has 0 fully saturated rings. The van der Waals surface area contributed by atoms with Crippen LogP contribution in [0.4, 0.5) is 0 Å². The maximum Gasteiger partial charge on any atom is 0.179 e. The van der Waals surface area contributed by atoms with Crippen molar-refractivity contribution in [3.05, 3.63) is 131 Å². The van der Waals surface area contributed by atoms with Crippen molar-refractivity contribution < 1.29 is 4.79 Å². The van der Waals surface area contributed by atoms with E-state index in [1.807, 2.05) is 60.7 Å². The van der Waals surface area contributed by atoms with Crippen LogP contribution in [0.1, 0.15) is 32.7 Å². The number of carbonyl (C=O) groups excluding carboxylic acids is 1. The monoisotopic (exact) mass is 380 g/mol. The zero-order valence-corrected chi connectivity index (χ0v) is 16.0. The average Bonchev–Trinajstić information content (AvgIpc) is 3.28. The van der Waals surface area contributed by atoms with Gasteiger partial charge in [-0.1, -0.05) is 84.9 Å². The van der Waals surface area contributed by atoms with Gasteiger partial charge in [0.1, 0.15) is 0 Å². The predicted molar refractivity (Wildman–Crippen MR) is 114 cm³/mol. The first-order chi connectivity index (χ1) is 14.2. The number of ketones is 1. The van der Waals surface area contributed by atoms with E-state index in [9.17, 15) is 4.79 Å². The number of hydrogen-bond acceptors (Lipinski definition) is 3. The van der Waals surface area contributed by atoms with E-state index in [0.717, 1.165) is 28.3 Å². The predicted octanol–water partition coefficient (Wildman–Crippen LogP) is 4.18. The topological polar surface area (TPSA) is 71.8 Å². The Bertz CT molecular complexity index is 1000. The summed E-state index contributed by atoms with van der Waals surface area (Å²) >= 11 is 0. The van der Waals surface area contributed by atoms with E-state index in [2.05, 4.69) is 34.2 Å². The molecule has 0 aliphatic rings. The Hall–Kier alpha value is -3.50. The lowest BCUT2D eigenvalue weighted by Crippen LogP contribution is -2.32. The molecular formula is C25H22N3O. The number of H-pyrrole nitrogens is 1. The molecule has 0 bridgehead atoms. The van der Waals surface area contributed by atoms with Crippen LogP contribution in [0.2, 0.25) is 0 Å². The molecule has 3 aromatic carbocycles. The fraction of sp³-hybridized carbons (Fsp3) is 0.0800. The second-order valence-corrected chi connectivity index (χ2v) is 6.92. The van der Waals surface area contributed by atoms with E-state index in [4.69, 9.17) is 5.73 Å². The third-order valence-corrected chi connectivity index (χ3v) is 4.90. The summed E-state index contributed by atoms with van der Waals surface area (Å²) in [5, 5.41) is 0. The molecule has 4 heteroatoms. The molecule has 4 nitrogen and oxygen atoms in total. The van der Waals surface area contributed by atoms with E-state index in [1.165, 1.54) is 0 Å². The van der Waals surface area contributed by atoms with Gasteiger partial charge < -0.3 is 10.7 Å². The number of imidazole rings is 1. The van der Waals surface area contributed by atoms with Gasteiger partial charge in [0, 0.05) is 18.2 Å². The lowest BCUT2D eigenvalue weighted by Gasteiger charge is -2.18. The van der Waals surface area contributed by atoms with Gasteiger partial charge in [-0.2, -0.15) is 0 Å². The molecule has 143 valence electrons. The minimum absolute atomic E-state index is 0.0828. The van der Waals surface area contributed by atoms with Gasteiger partial charge in [-0.3, -0.25) is 4.79 Å². The third kappa shape index (κ3) is 4.33. The van der Waals surface area contributed by atoms with Crippen molar-refractivity contribution in [1.82, 2.24) is 9.97 Å². The van der Waals surface area contributed by atoms with Crippen molar-refractivity contribution in [3.63, 3.8) is 0 Å². The van der Waals surface area contributed by atoms with Crippen molar-refractivity contribution in [1.29, 1.82) is 0 Å². The molecule has 4 aromatic rings. The van der Waals surface area contributed by atoms with Gasteiger partial charge in [0.05, 0.1) is 24.0 Å².